The Bertz CT molecular complexity index is 958. The largest absolute Gasteiger partial charge is 0.324 e. The number of amides is 2. The fourth-order valence-electron chi connectivity index (χ4n) is 2.59. The number of halogens is 1. The third-order valence-corrected chi connectivity index (χ3v) is 4.09. The summed E-state index contributed by atoms with van der Waals surface area (Å²) in [7, 11) is 0. The van der Waals surface area contributed by atoms with Gasteiger partial charge in [-0.3, -0.25) is 5.32 Å². The molecular weight excluding hydrogens is 343 g/mol. The van der Waals surface area contributed by atoms with Gasteiger partial charge in [0.1, 0.15) is 11.6 Å². The molecule has 0 spiro atoms. The zero-order chi connectivity index (χ0) is 19.6. The summed E-state index contributed by atoms with van der Waals surface area (Å²) in [6.07, 6.45) is 0. The van der Waals surface area contributed by atoms with Crippen molar-refractivity contribution >= 4 is 17.5 Å². The van der Waals surface area contributed by atoms with Gasteiger partial charge in [-0.2, -0.15) is 5.10 Å². The van der Waals surface area contributed by atoms with Gasteiger partial charge < -0.3 is 5.32 Å². The van der Waals surface area contributed by atoms with Crippen molar-refractivity contribution in [1.29, 1.82) is 0 Å². The van der Waals surface area contributed by atoms with Gasteiger partial charge in [-0.1, -0.05) is 45.0 Å². The van der Waals surface area contributed by atoms with E-state index >= 15 is 0 Å². The maximum absolute atomic E-state index is 14.0. The van der Waals surface area contributed by atoms with Crippen LogP contribution in [0, 0.1) is 12.7 Å². The van der Waals surface area contributed by atoms with Crippen molar-refractivity contribution in [1.82, 2.24) is 9.78 Å². The van der Waals surface area contributed by atoms with Gasteiger partial charge in [0.2, 0.25) is 0 Å². The molecule has 1 heterocycles. The molecule has 3 aromatic rings. The molecule has 0 radical (unpaired) electrons. The average Bonchev–Trinajstić information content (AvgIpc) is 3.02. The predicted molar refractivity (Wildman–Crippen MR) is 106 cm³/mol. The molecule has 2 aromatic carbocycles. The number of nitrogens with one attached hydrogen (secondary N) is 2. The third-order valence-electron chi connectivity index (χ3n) is 4.09. The number of urea groups is 1. The molecule has 1 aromatic heterocycles. The molecule has 0 aliphatic rings. The van der Waals surface area contributed by atoms with E-state index in [0.29, 0.717) is 5.82 Å². The van der Waals surface area contributed by atoms with Gasteiger partial charge in [-0.25, -0.2) is 13.9 Å². The summed E-state index contributed by atoms with van der Waals surface area (Å²) in [5, 5.41) is 9.96. The molecule has 2 N–H and O–H groups in total. The second-order valence-corrected chi connectivity index (χ2v) is 7.47. The Morgan fingerprint density at radius 3 is 2.37 bits per heavy atom. The number of aryl methyl sites for hydroxylation is 1. The SMILES string of the molecule is Cc1ccc(NC(=O)Nc2cc(C(C)(C)C)nn2-c2ccccc2)c(F)c1. The van der Waals surface area contributed by atoms with Gasteiger partial charge in [0.05, 0.1) is 17.1 Å². The van der Waals surface area contributed by atoms with Gasteiger partial charge in [0.25, 0.3) is 0 Å². The first-order valence-corrected chi connectivity index (χ1v) is 8.74. The molecule has 27 heavy (non-hydrogen) atoms. The lowest BCUT2D eigenvalue weighted by Crippen LogP contribution is -2.22. The van der Waals surface area contributed by atoms with Crippen LogP contribution in [-0.2, 0) is 5.41 Å². The first-order valence-electron chi connectivity index (χ1n) is 8.74. The normalized spacial score (nSPS) is 11.3. The number of nitrogens with zero attached hydrogens (tertiary/aromatic N) is 2. The summed E-state index contributed by atoms with van der Waals surface area (Å²) in [4.78, 5) is 12.4. The number of aromatic nitrogens is 2. The molecule has 140 valence electrons. The maximum Gasteiger partial charge on any atom is 0.324 e. The highest BCUT2D eigenvalue weighted by atomic mass is 19.1. The average molecular weight is 366 g/mol. The van der Waals surface area contributed by atoms with E-state index in [9.17, 15) is 9.18 Å². The smallest absolute Gasteiger partial charge is 0.305 e. The molecular formula is C21H23FN4O. The highest BCUT2D eigenvalue weighted by Gasteiger charge is 2.21. The van der Waals surface area contributed by atoms with Crippen LogP contribution in [0.3, 0.4) is 0 Å². The number of hydrogen-bond acceptors (Lipinski definition) is 2. The van der Waals surface area contributed by atoms with Crippen LogP contribution in [0.2, 0.25) is 0 Å². The Morgan fingerprint density at radius 2 is 1.74 bits per heavy atom. The maximum atomic E-state index is 14.0. The van der Waals surface area contributed by atoms with Crippen molar-refractivity contribution in [2.75, 3.05) is 10.6 Å². The number of anilines is 2. The lowest BCUT2D eigenvalue weighted by atomic mass is 9.92. The quantitative estimate of drug-likeness (QED) is 0.664. The van der Waals surface area contributed by atoms with E-state index in [-0.39, 0.29) is 11.1 Å². The van der Waals surface area contributed by atoms with Crippen LogP contribution in [0.25, 0.3) is 5.69 Å². The van der Waals surface area contributed by atoms with Crippen molar-refractivity contribution < 1.29 is 9.18 Å². The van der Waals surface area contributed by atoms with Gasteiger partial charge in [-0.15, -0.1) is 0 Å². The Kier molecular flexibility index (Phi) is 4.99. The molecule has 3 rings (SSSR count). The van der Waals surface area contributed by atoms with E-state index in [4.69, 9.17) is 0 Å². The van der Waals surface area contributed by atoms with Crippen molar-refractivity contribution in [2.45, 2.75) is 33.1 Å². The summed E-state index contributed by atoms with van der Waals surface area (Å²) < 4.78 is 15.7. The first-order chi connectivity index (χ1) is 12.7. The van der Waals surface area contributed by atoms with Crippen LogP contribution in [0.1, 0.15) is 32.0 Å². The van der Waals surface area contributed by atoms with Crippen LogP contribution in [-0.4, -0.2) is 15.8 Å². The van der Waals surface area contributed by atoms with Gasteiger partial charge >= 0.3 is 6.03 Å². The van der Waals surface area contributed by atoms with Crippen LogP contribution >= 0.6 is 0 Å². The zero-order valence-corrected chi connectivity index (χ0v) is 15.9. The van der Waals surface area contributed by atoms with Crippen LogP contribution in [0.4, 0.5) is 20.7 Å². The number of carbonyl (C=O) groups excluding carboxylic acids is 1. The van der Waals surface area contributed by atoms with E-state index in [2.05, 4.69) is 36.5 Å². The van der Waals surface area contributed by atoms with E-state index in [1.165, 1.54) is 6.07 Å². The van der Waals surface area contributed by atoms with Crippen LogP contribution in [0.15, 0.2) is 54.6 Å². The molecule has 0 saturated heterocycles. The third kappa shape index (κ3) is 4.34. The van der Waals surface area contributed by atoms with Crippen molar-refractivity contribution in [3.63, 3.8) is 0 Å². The molecule has 5 nitrogen and oxygen atoms in total. The monoisotopic (exact) mass is 366 g/mol. The minimum Gasteiger partial charge on any atom is -0.305 e. The van der Waals surface area contributed by atoms with Crippen LogP contribution < -0.4 is 10.6 Å². The summed E-state index contributed by atoms with van der Waals surface area (Å²) in [5.41, 5.74) is 2.39. The molecule has 0 aliphatic carbocycles. The molecule has 6 heteroatoms. The van der Waals surface area contributed by atoms with Crippen molar-refractivity contribution in [2.24, 2.45) is 0 Å². The van der Waals surface area contributed by atoms with E-state index in [1.54, 1.807) is 23.7 Å². The highest BCUT2D eigenvalue weighted by molar-refractivity contribution is 5.99. The lowest BCUT2D eigenvalue weighted by Gasteiger charge is -2.14. The Morgan fingerprint density at radius 1 is 1.04 bits per heavy atom. The molecule has 2 amide bonds. The number of para-hydroxylation sites is 1. The van der Waals surface area contributed by atoms with Gasteiger partial charge in [-0.05, 0) is 36.8 Å². The molecule has 0 unspecified atom stereocenters. The first kappa shape index (κ1) is 18.6. The fraction of sp³-hybridized carbons (Fsp3) is 0.238. The summed E-state index contributed by atoms with van der Waals surface area (Å²) in [6.45, 7) is 7.95. The minimum absolute atomic E-state index is 0.125. The summed E-state index contributed by atoms with van der Waals surface area (Å²) in [6, 6.07) is 15.5. The van der Waals surface area contributed by atoms with Crippen LogP contribution in [0.5, 0.6) is 0 Å². The second-order valence-electron chi connectivity index (χ2n) is 7.47. The van der Waals surface area contributed by atoms with Gasteiger partial charge in [0.15, 0.2) is 0 Å². The number of benzene rings is 2. The predicted octanol–water partition coefficient (Wildman–Crippen LogP) is 5.26. The summed E-state index contributed by atoms with van der Waals surface area (Å²) in [5.74, 6) is 0.0354. The summed E-state index contributed by atoms with van der Waals surface area (Å²) >= 11 is 0. The van der Waals surface area contributed by atoms with Crippen molar-refractivity contribution in [3.8, 4) is 5.69 Å². The Hall–Kier alpha value is -3.15. The van der Waals surface area contributed by atoms with Gasteiger partial charge in [0, 0.05) is 11.5 Å². The van der Waals surface area contributed by atoms with E-state index in [0.717, 1.165) is 16.9 Å². The number of rotatable bonds is 3. The minimum atomic E-state index is -0.532. The fourth-order valence-corrected chi connectivity index (χ4v) is 2.59. The van der Waals surface area contributed by atoms with E-state index < -0.39 is 11.8 Å². The standard InChI is InChI=1S/C21H23FN4O/c1-14-10-11-17(16(22)12-14)23-20(27)24-19-13-18(21(2,3)4)25-26(19)15-8-6-5-7-9-15/h5-13H,1-4H3,(H2,23,24,27). The molecule has 0 atom stereocenters. The molecule has 0 aliphatic heterocycles. The van der Waals surface area contributed by atoms with Crippen molar-refractivity contribution in [3.05, 3.63) is 71.7 Å². The highest BCUT2D eigenvalue weighted by Crippen LogP contribution is 2.26. The molecule has 0 fully saturated rings. The Balaban J connectivity index is 1.89. The van der Waals surface area contributed by atoms with E-state index in [1.807, 2.05) is 36.4 Å². The second kappa shape index (κ2) is 7.23. The topological polar surface area (TPSA) is 59.0 Å². The lowest BCUT2D eigenvalue weighted by molar-refractivity contribution is 0.262. The Labute approximate surface area is 158 Å². The number of hydrogen-bond donors (Lipinski definition) is 2. The molecule has 0 bridgehead atoms. The molecule has 0 saturated carbocycles. The zero-order valence-electron chi connectivity index (χ0n) is 15.9. The number of carbonyl (C=O) groups is 1.